The smallest absolute Gasteiger partial charge is 0.235 e. The third-order valence-corrected chi connectivity index (χ3v) is 4.07. The van der Waals surface area contributed by atoms with Crippen LogP contribution in [0.5, 0.6) is 0 Å². The Hall–Kier alpha value is -1.29. The minimum Gasteiger partial charge on any atom is -0.264 e. The summed E-state index contributed by atoms with van der Waals surface area (Å²) in [5.41, 5.74) is 1.31. The Morgan fingerprint density at radius 2 is 2.12 bits per heavy atom. The van der Waals surface area contributed by atoms with Gasteiger partial charge in [-0.05, 0) is 25.5 Å². The number of allylic oxidation sites excluding steroid dienone is 4. The minimum absolute atomic E-state index is 0.235. The van der Waals surface area contributed by atoms with Crippen LogP contribution in [0.2, 0.25) is 0 Å². The van der Waals surface area contributed by atoms with Crippen LogP contribution in [0, 0.1) is 10.1 Å². The summed E-state index contributed by atoms with van der Waals surface area (Å²) in [5, 5.41) is 11.0. The van der Waals surface area contributed by atoms with E-state index in [9.17, 15) is 10.1 Å². The zero-order valence-electron chi connectivity index (χ0n) is 9.70. The molecule has 0 saturated heterocycles. The van der Waals surface area contributed by atoms with E-state index in [0.29, 0.717) is 11.7 Å². The average Bonchev–Trinajstić information content (AvgIpc) is 2.33. The lowest BCUT2D eigenvalue weighted by Crippen LogP contribution is -2.17. The predicted molar refractivity (Wildman–Crippen MR) is 71.5 cm³/mol. The number of hydrogen-bond acceptors (Lipinski definition) is 3. The van der Waals surface area contributed by atoms with Crippen molar-refractivity contribution in [3.63, 3.8) is 0 Å². The van der Waals surface area contributed by atoms with Crippen LogP contribution in [0.4, 0.5) is 0 Å². The zero-order valence-corrected chi connectivity index (χ0v) is 10.5. The Kier molecular flexibility index (Phi) is 3.84. The highest BCUT2D eigenvalue weighted by molar-refractivity contribution is 8.04. The molecule has 0 aromatic carbocycles. The number of nitrogens with zero attached hydrogens (tertiary/aromatic N) is 1. The highest BCUT2D eigenvalue weighted by atomic mass is 32.2. The van der Waals surface area contributed by atoms with Gasteiger partial charge in [0.05, 0.1) is 0 Å². The lowest BCUT2D eigenvalue weighted by Gasteiger charge is -2.16. The summed E-state index contributed by atoms with van der Waals surface area (Å²) in [5.74, 6) is 0. The van der Waals surface area contributed by atoms with Crippen molar-refractivity contribution in [2.75, 3.05) is 0 Å². The molecule has 2 aliphatic rings. The summed E-state index contributed by atoms with van der Waals surface area (Å²) < 4.78 is 0. The van der Waals surface area contributed by atoms with Crippen LogP contribution >= 0.6 is 11.8 Å². The van der Waals surface area contributed by atoms with E-state index in [-0.39, 0.29) is 4.92 Å². The SMILES string of the molecule is CC1=CCC(SC2=CCC([N+](=O)[O-])C=C2)C=C1. The monoisotopic (exact) mass is 249 g/mol. The highest BCUT2D eigenvalue weighted by Gasteiger charge is 2.19. The van der Waals surface area contributed by atoms with Gasteiger partial charge in [-0.25, -0.2) is 0 Å². The summed E-state index contributed by atoms with van der Waals surface area (Å²) in [4.78, 5) is 11.5. The van der Waals surface area contributed by atoms with Crippen molar-refractivity contribution < 1.29 is 4.92 Å². The van der Waals surface area contributed by atoms with E-state index in [1.807, 2.05) is 12.2 Å². The van der Waals surface area contributed by atoms with E-state index < -0.39 is 6.04 Å². The lowest BCUT2D eigenvalue weighted by atomic mass is 10.1. The van der Waals surface area contributed by atoms with Crippen molar-refractivity contribution in [2.45, 2.75) is 31.1 Å². The van der Waals surface area contributed by atoms with Crippen LogP contribution in [-0.2, 0) is 0 Å². The first-order valence-corrected chi connectivity index (χ1v) is 6.56. The molecule has 0 fully saturated rings. The maximum atomic E-state index is 10.6. The van der Waals surface area contributed by atoms with Crippen molar-refractivity contribution in [1.82, 2.24) is 0 Å². The predicted octanol–water partition coefficient (Wildman–Crippen LogP) is 3.48. The van der Waals surface area contributed by atoms with E-state index in [0.717, 1.165) is 11.3 Å². The molecule has 0 saturated carbocycles. The lowest BCUT2D eigenvalue weighted by molar-refractivity contribution is -0.508. The fraction of sp³-hybridized carbons (Fsp3) is 0.385. The summed E-state index contributed by atoms with van der Waals surface area (Å²) in [6, 6.07) is -0.539. The molecule has 0 heterocycles. The molecule has 2 aliphatic carbocycles. The molecule has 2 atom stereocenters. The van der Waals surface area contributed by atoms with Gasteiger partial charge in [-0.2, -0.15) is 0 Å². The molecule has 2 unspecified atom stereocenters. The number of rotatable bonds is 3. The largest absolute Gasteiger partial charge is 0.264 e. The first kappa shape index (κ1) is 12.2. The molecular formula is C13H15NO2S. The fourth-order valence-corrected chi connectivity index (χ4v) is 2.85. The molecule has 0 aromatic rings. The standard InChI is InChI=1S/C13H15NO2S/c1-10-2-6-12(7-3-10)17-13-8-4-11(5-9-13)14(15)16/h2-4,6,8-9,11-12H,5,7H2,1H3. The minimum atomic E-state index is -0.539. The van der Waals surface area contributed by atoms with E-state index >= 15 is 0 Å². The topological polar surface area (TPSA) is 43.1 Å². The van der Waals surface area contributed by atoms with Crippen LogP contribution < -0.4 is 0 Å². The molecule has 90 valence electrons. The Labute approximate surface area is 105 Å². The third kappa shape index (κ3) is 3.33. The van der Waals surface area contributed by atoms with Crippen LogP contribution in [0.1, 0.15) is 19.8 Å². The van der Waals surface area contributed by atoms with Gasteiger partial charge in [0, 0.05) is 21.5 Å². The van der Waals surface area contributed by atoms with Gasteiger partial charge in [-0.3, -0.25) is 10.1 Å². The molecular weight excluding hydrogens is 234 g/mol. The number of nitro groups is 1. The second kappa shape index (κ2) is 5.36. The van der Waals surface area contributed by atoms with Gasteiger partial charge in [-0.1, -0.05) is 29.9 Å². The summed E-state index contributed by atoms with van der Waals surface area (Å²) in [6.45, 7) is 2.10. The maximum Gasteiger partial charge on any atom is 0.235 e. The molecule has 0 radical (unpaired) electrons. The van der Waals surface area contributed by atoms with Crippen molar-refractivity contribution in [1.29, 1.82) is 0 Å². The van der Waals surface area contributed by atoms with E-state index in [2.05, 4.69) is 25.2 Å². The summed E-state index contributed by atoms with van der Waals surface area (Å²) in [7, 11) is 0. The maximum absolute atomic E-state index is 10.6. The van der Waals surface area contributed by atoms with E-state index in [1.165, 1.54) is 5.57 Å². The van der Waals surface area contributed by atoms with Crippen molar-refractivity contribution in [2.24, 2.45) is 0 Å². The second-order valence-corrected chi connectivity index (χ2v) is 5.57. The van der Waals surface area contributed by atoms with Crippen LogP contribution in [0.3, 0.4) is 0 Å². The molecule has 2 rings (SSSR count). The van der Waals surface area contributed by atoms with Crippen LogP contribution in [0.15, 0.2) is 46.9 Å². The Bertz CT molecular complexity index is 435. The van der Waals surface area contributed by atoms with Crippen molar-refractivity contribution in [3.05, 3.63) is 57.0 Å². The molecule has 17 heavy (non-hydrogen) atoms. The van der Waals surface area contributed by atoms with Gasteiger partial charge < -0.3 is 0 Å². The quantitative estimate of drug-likeness (QED) is 0.568. The van der Waals surface area contributed by atoms with Gasteiger partial charge in [0.25, 0.3) is 0 Å². The zero-order chi connectivity index (χ0) is 12.3. The first-order chi connectivity index (χ1) is 8.15. The summed E-state index contributed by atoms with van der Waals surface area (Å²) in [6.07, 6.45) is 13.6. The van der Waals surface area contributed by atoms with Crippen molar-refractivity contribution >= 4 is 11.8 Å². The van der Waals surface area contributed by atoms with Crippen LogP contribution in [-0.4, -0.2) is 16.2 Å². The second-order valence-electron chi connectivity index (χ2n) is 4.25. The fourth-order valence-electron chi connectivity index (χ4n) is 1.80. The molecule has 3 nitrogen and oxygen atoms in total. The first-order valence-electron chi connectivity index (χ1n) is 5.68. The number of hydrogen-bond donors (Lipinski definition) is 0. The Balaban J connectivity index is 1.88. The average molecular weight is 249 g/mol. The molecule has 0 N–H and O–H groups in total. The normalized spacial score (nSPS) is 27.6. The van der Waals surface area contributed by atoms with Gasteiger partial charge in [0.15, 0.2) is 0 Å². The van der Waals surface area contributed by atoms with Gasteiger partial charge in [0.1, 0.15) is 0 Å². The molecule has 0 spiro atoms. The van der Waals surface area contributed by atoms with Gasteiger partial charge >= 0.3 is 0 Å². The van der Waals surface area contributed by atoms with E-state index in [4.69, 9.17) is 0 Å². The van der Waals surface area contributed by atoms with Crippen LogP contribution in [0.25, 0.3) is 0 Å². The third-order valence-electron chi connectivity index (χ3n) is 2.85. The molecule has 0 amide bonds. The molecule has 0 aromatic heterocycles. The van der Waals surface area contributed by atoms with E-state index in [1.54, 1.807) is 17.8 Å². The highest BCUT2D eigenvalue weighted by Crippen LogP contribution is 2.31. The molecule has 0 bridgehead atoms. The Morgan fingerprint density at radius 3 is 2.65 bits per heavy atom. The summed E-state index contributed by atoms with van der Waals surface area (Å²) >= 11 is 1.78. The van der Waals surface area contributed by atoms with Gasteiger partial charge in [-0.15, -0.1) is 11.8 Å². The Morgan fingerprint density at radius 1 is 1.29 bits per heavy atom. The molecule has 4 heteroatoms. The number of thioether (sulfide) groups is 1. The van der Waals surface area contributed by atoms with Crippen molar-refractivity contribution in [3.8, 4) is 0 Å². The molecule has 0 aliphatic heterocycles. The van der Waals surface area contributed by atoms with Gasteiger partial charge in [0.2, 0.25) is 6.04 Å².